The molecule has 1 saturated carbocycles. The van der Waals surface area contributed by atoms with Crippen LogP contribution in [-0.4, -0.2) is 43.1 Å². The highest BCUT2D eigenvalue weighted by atomic mass is 16.1. The fraction of sp³-hybridized carbons (Fsp3) is 0.429. The smallest absolute Gasteiger partial charge is 0.251 e. The van der Waals surface area contributed by atoms with Crippen LogP contribution in [0.3, 0.4) is 0 Å². The van der Waals surface area contributed by atoms with Crippen LogP contribution in [0.4, 0.5) is 11.5 Å². The first kappa shape index (κ1) is 16.9. The first-order chi connectivity index (χ1) is 12.6. The highest BCUT2D eigenvalue weighted by Crippen LogP contribution is 2.25. The quantitative estimate of drug-likeness (QED) is 0.921. The Morgan fingerprint density at radius 3 is 2.54 bits per heavy atom. The zero-order chi connectivity index (χ0) is 18.1. The molecule has 1 amide bonds. The number of aryl methyl sites for hydroxylation is 1. The van der Waals surface area contributed by atoms with Crippen molar-refractivity contribution in [1.82, 2.24) is 10.3 Å². The zero-order valence-electron chi connectivity index (χ0n) is 15.5. The molecular formula is C21H26N4O. The SMILES string of the molecule is Cc1cccc(N2CCN(c3cc(C(=O)NC4CC4)ccn3)CC2)c1C. The number of carbonyl (C=O) groups excluding carboxylic acids is 1. The minimum atomic E-state index is 0.0187. The Morgan fingerprint density at radius 1 is 1.08 bits per heavy atom. The maximum absolute atomic E-state index is 12.3. The summed E-state index contributed by atoms with van der Waals surface area (Å²) >= 11 is 0. The van der Waals surface area contributed by atoms with Crippen molar-refractivity contribution in [3.05, 3.63) is 53.2 Å². The highest BCUT2D eigenvalue weighted by Gasteiger charge is 2.25. The monoisotopic (exact) mass is 350 g/mol. The van der Waals surface area contributed by atoms with E-state index in [0.29, 0.717) is 11.6 Å². The summed E-state index contributed by atoms with van der Waals surface area (Å²) < 4.78 is 0. The van der Waals surface area contributed by atoms with Gasteiger partial charge in [0.1, 0.15) is 5.82 Å². The molecule has 2 heterocycles. The van der Waals surface area contributed by atoms with Crippen molar-refractivity contribution >= 4 is 17.4 Å². The van der Waals surface area contributed by atoms with Crippen molar-refractivity contribution in [2.24, 2.45) is 0 Å². The Labute approximate surface area is 155 Å². The molecule has 5 heteroatoms. The van der Waals surface area contributed by atoms with Gasteiger partial charge in [0.25, 0.3) is 5.91 Å². The number of hydrogen-bond acceptors (Lipinski definition) is 4. The van der Waals surface area contributed by atoms with Gasteiger partial charge in [0.2, 0.25) is 0 Å². The molecule has 26 heavy (non-hydrogen) atoms. The summed E-state index contributed by atoms with van der Waals surface area (Å²) in [6, 6.07) is 10.6. The van der Waals surface area contributed by atoms with Gasteiger partial charge in [0, 0.05) is 49.7 Å². The summed E-state index contributed by atoms with van der Waals surface area (Å²) in [5.41, 5.74) is 4.73. The molecule has 1 N–H and O–H groups in total. The van der Waals surface area contributed by atoms with Crippen LogP contribution in [-0.2, 0) is 0 Å². The van der Waals surface area contributed by atoms with Crippen LogP contribution < -0.4 is 15.1 Å². The number of amides is 1. The lowest BCUT2D eigenvalue weighted by atomic mass is 10.1. The topological polar surface area (TPSA) is 48.5 Å². The van der Waals surface area contributed by atoms with Crippen molar-refractivity contribution in [3.63, 3.8) is 0 Å². The van der Waals surface area contributed by atoms with E-state index in [1.165, 1.54) is 16.8 Å². The number of rotatable bonds is 4. The number of aromatic nitrogens is 1. The van der Waals surface area contributed by atoms with Crippen LogP contribution in [0.1, 0.15) is 34.3 Å². The molecule has 5 nitrogen and oxygen atoms in total. The summed E-state index contributed by atoms with van der Waals surface area (Å²) in [5.74, 6) is 0.916. The first-order valence-electron chi connectivity index (χ1n) is 9.45. The summed E-state index contributed by atoms with van der Waals surface area (Å²) in [4.78, 5) is 21.5. The maximum atomic E-state index is 12.3. The highest BCUT2D eigenvalue weighted by molar-refractivity contribution is 5.95. The molecule has 136 valence electrons. The average molecular weight is 350 g/mol. The number of piperazine rings is 1. The van der Waals surface area contributed by atoms with Crippen LogP contribution in [0.25, 0.3) is 0 Å². The van der Waals surface area contributed by atoms with E-state index in [1.54, 1.807) is 12.3 Å². The van der Waals surface area contributed by atoms with Crippen LogP contribution in [0, 0.1) is 13.8 Å². The molecule has 1 aromatic carbocycles. The number of hydrogen-bond donors (Lipinski definition) is 1. The third-order valence-corrected chi connectivity index (χ3v) is 5.44. The molecule has 0 radical (unpaired) electrons. The fourth-order valence-electron chi connectivity index (χ4n) is 3.48. The summed E-state index contributed by atoms with van der Waals surface area (Å²) in [6.07, 6.45) is 3.95. The van der Waals surface area contributed by atoms with E-state index in [1.807, 2.05) is 6.07 Å². The number of carbonyl (C=O) groups is 1. The molecular weight excluding hydrogens is 324 g/mol. The largest absolute Gasteiger partial charge is 0.368 e. The van der Waals surface area contributed by atoms with E-state index in [2.05, 4.69) is 52.1 Å². The fourth-order valence-corrected chi connectivity index (χ4v) is 3.48. The molecule has 0 atom stereocenters. The van der Waals surface area contributed by atoms with E-state index in [4.69, 9.17) is 0 Å². The van der Waals surface area contributed by atoms with Gasteiger partial charge >= 0.3 is 0 Å². The Balaban J connectivity index is 1.43. The molecule has 2 aliphatic rings. The third-order valence-electron chi connectivity index (χ3n) is 5.44. The molecule has 1 aliphatic heterocycles. The molecule has 1 aliphatic carbocycles. The molecule has 0 bridgehead atoms. The van der Waals surface area contributed by atoms with E-state index >= 15 is 0 Å². The number of nitrogens with one attached hydrogen (secondary N) is 1. The van der Waals surface area contributed by atoms with Crippen molar-refractivity contribution in [2.75, 3.05) is 36.0 Å². The van der Waals surface area contributed by atoms with E-state index < -0.39 is 0 Å². The molecule has 1 aromatic heterocycles. The lowest BCUT2D eigenvalue weighted by Crippen LogP contribution is -2.47. The van der Waals surface area contributed by atoms with Gasteiger partial charge in [-0.15, -0.1) is 0 Å². The van der Waals surface area contributed by atoms with Crippen LogP contribution in [0.5, 0.6) is 0 Å². The summed E-state index contributed by atoms with van der Waals surface area (Å²) in [7, 11) is 0. The molecule has 0 spiro atoms. The Morgan fingerprint density at radius 2 is 1.81 bits per heavy atom. The second-order valence-electron chi connectivity index (χ2n) is 7.34. The third kappa shape index (κ3) is 3.52. The standard InChI is InChI=1S/C21H26N4O/c1-15-4-3-5-19(16(15)2)24-10-12-25(13-11-24)20-14-17(8-9-22-20)21(26)23-18-6-7-18/h3-5,8-9,14,18H,6-7,10-13H2,1-2H3,(H,23,26). The molecule has 2 fully saturated rings. The molecule has 4 rings (SSSR count). The van der Waals surface area contributed by atoms with Crippen molar-refractivity contribution in [1.29, 1.82) is 0 Å². The summed E-state index contributed by atoms with van der Waals surface area (Å²) in [5, 5.41) is 3.05. The number of anilines is 2. The minimum Gasteiger partial charge on any atom is -0.368 e. The van der Waals surface area contributed by atoms with Crippen molar-refractivity contribution in [2.45, 2.75) is 32.7 Å². The second-order valence-corrected chi connectivity index (χ2v) is 7.34. The first-order valence-corrected chi connectivity index (χ1v) is 9.45. The lowest BCUT2D eigenvalue weighted by molar-refractivity contribution is 0.0951. The Bertz CT molecular complexity index is 807. The van der Waals surface area contributed by atoms with Gasteiger partial charge in [0.15, 0.2) is 0 Å². The molecule has 1 saturated heterocycles. The van der Waals surface area contributed by atoms with Gasteiger partial charge in [-0.25, -0.2) is 4.98 Å². The Hall–Kier alpha value is -2.56. The molecule has 0 unspecified atom stereocenters. The summed E-state index contributed by atoms with van der Waals surface area (Å²) in [6.45, 7) is 8.11. The maximum Gasteiger partial charge on any atom is 0.251 e. The number of benzene rings is 1. The Kier molecular flexibility index (Phi) is 4.53. The second kappa shape index (κ2) is 6.98. The van der Waals surface area contributed by atoms with Gasteiger partial charge in [-0.3, -0.25) is 4.79 Å². The number of nitrogens with zero attached hydrogens (tertiary/aromatic N) is 3. The zero-order valence-corrected chi connectivity index (χ0v) is 15.5. The van der Waals surface area contributed by atoms with Gasteiger partial charge in [-0.2, -0.15) is 0 Å². The van der Waals surface area contributed by atoms with E-state index in [-0.39, 0.29) is 5.91 Å². The average Bonchev–Trinajstić information content (AvgIpc) is 3.48. The van der Waals surface area contributed by atoms with E-state index in [0.717, 1.165) is 44.8 Å². The minimum absolute atomic E-state index is 0.0187. The van der Waals surface area contributed by atoms with Gasteiger partial charge in [-0.1, -0.05) is 12.1 Å². The van der Waals surface area contributed by atoms with E-state index in [9.17, 15) is 4.79 Å². The van der Waals surface area contributed by atoms with Crippen LogP contribution >= 0.6 is 0 Å². The normalized spacial score (nSPS) is 17.3. The van der Waals surface area contributed by atoms with Crippen LogP contribution in [0.2, 0.25) is 0 Å². The van der Waals surface area contributed by atoms with Crippen LogP contribution in [0.15, 0.2) is 36.5 Å². The van der Waals surface area contributed by atoms with Gasteiger partial charge in [0.05, 0.1) is 0 Å². The number of pyridine rings is 1. The van der Waals surface area contributed by atoms with Crippen molar-refractivity contribution in [3.8, 4) is 0 Å². The predicted octanol–water partition coefficient (Wildman–Crippen LogP) is 2.92. The van der Waals surface area contributed by atoms with Gasteiger partial charge in [-0.05, 0) is 56.0 Å². The molecule has 2 aromatic rings. The predicted molar refractivity (Wildman–Crippen MR) is 105 cm³/mol. The van der Waals surface area contributed by atoms with Crippen molar-refractivity contribution < 1.29 is 4.79 Å². The lowest BCUT2D eigenvalue weighted by Gasteiger charge is -2.37. The van der Waals surface area contributed by atoms with Gasteiger partial charge < -0.3 is 15.1 Å².